The van der Waals surface area contributed by atoms with Crippen LogP contribution in [0.5, 0.6) is 5.75 Å². The number of carbonyl (C=O) groups is 1. The standard InChI is InChI=1S/C14H19NO5S2/c1-10-4-5-11(19-2)13(8-10)22(17,18)15-6-7-21-12(9-15)14(16)20-3/h4-5,8,12H,6-7,9H2,1-3H3/t12-/m1/s1. The quantitative estimate of drug-likeness (QED) is 0.766. The fourth-order valence-electron chi connectivity index (χ4n) is 2.24. The predicted octanol–water partition coefficient (Wildman–Crippen LogP) is 1.28. The van der Waals surface area contributed by atoms with E-state index in [4.69, 9.17) is 9.47 Å². The average Bonchev–Trinajstić information content (AvgIpc) is 2.54. The SMILES string of the molecule is COC(=O)[C@H]1CN(S(=O)(=O)c2cc(C)ccc2OC)CCS1. The minimum absolute atomic E-state index is 0.108. The van der Waals surface area contributed by atoms with Gasteiger partial charge in [0.2, 0.25) is 10.0 Å². The largest absolute Gasteiger partial charge is 0.495 e. The maximum absolute atomic E-state index is 12.9. The molecule has 1 heterocycles. The third-order valence-corrected chi connectivity index (χ3v) is 6.48. The number of sulfonamides is 1. The summed E-state index contributed by atoms with van der Waals surface area (Å²) < 4.78 is 36.9. The van der Waals surface area contributed by atoms with E-state index in [0.29, 0.717) is 18.0 Å². The number of ether oxygens (including phenoxy) is 2. The zero-order chi connectivity index (χ0) is 16.3. The van der Waals surface area contributed by atoms with Gasteiger partial charge in [0.1, 0.15) is 15.9 Å². The summed E-state index contributed by atoms with van der Waals surface area (Å²) in [5.74, 6) is 0.451. The first-order valence-corrected chi connectivity index (χ1v) is 9.23. The van der Waals surface area contributed by atoms with Gasteiger partial charge in [-0.2, -0.15) is 4.31 Å². The molecule has 6 nitrogen and oxygen atoms in total. The molecular weight excluding hydrogens is 326 g/mol. The van der Waals surface area contributed by atoms with E-state index in [1.165, 1.54) is 30.3 Å². The molecule has 0 amide bonds. The molecule has 0 spiro atoms. The van der Waals surface area contributed by atoms with Crippen molar-refractivity contribution in [2.45, 2.75) is 17.1 Å². The van der Waals surface area contributed by atoms with E-state index < -0.39 is 21.2 Å². The van der Waals surface area contributed by atoms with Crippen LogP contribution in [0.4, 0.5) is 0 Å². The molecule has 22 heavy (non-hydrogen) atoms. The Labute approximate surface area is 134 Å². The molecular formula is C14H19NO5S2. The Morgan fingerprint density at radius 1 is 1.36 bits per heavy atom. The lowest BCUT2D eigenvalue weighted by molar-refractivity contribution is -0.140. The second-order valence-corrected chi connectivity index (χ2v) is 8.12. The van der Waals surface area contributed by atoms with Crippen LogP contribution in [-0.2, 0) is 19.6 Å². The number of thioether (sulfide) groups is 1. The van der Waals surface area contributed by atoms with Crippen LogP contribution in [0.3, 0.4) is 0 Å². The van der Waals surface area contributed by atoms with Crippen molar-refractivity contribution >= 4 is 27.8 Å². The highest BCUT2D eigenvalue weighted by Gasteiger charge is 2.35. The minimum Gasteiger partial charge on any atom is -0.495 e. The lowest BCUT2D eigenvalue weighted by Gasteiger charge is -2.30. The molecule has 1 aromatic rings. The van der Waals surface area contributed by atoms with Crippen LogP contribution >= 0.6 is 11.8 Å². The summed E-state index contributed by atoms with van der Waals surface area (Å²) in [7, 11) is -0.972. The van der Waals surface area contributed by atoms with Crippen molar-refractivity contribution in [2.24, 2.45) is 0 Å². The van der Waals surface area contributed by atoms with Crippen LogP contribution in [0.1, 0.15) is 5.56 Å². The highest BCUT2D eigenvalue weighted by molar-refractivity contribution is 8.00. The zero-order valence-corrected chi connectivity index (χ0v) is 14.4. The Morgan fingerprint density at radius 2 is 2.09 bits per heavy atom. The first-order valence-electron chi connectivity index (χ1n) is 6.74. The maximum atomic E-state index is 12.9. The second kappa shape index (κ2) is 6.89. The first-order chi connectivity index (χ1) is 10.4. The Bertz CT molecular complexity index is 659. The van der Waals surface area contributed by atoms with Crippen molar-refractivity contribution in [1.29, 1.82) is 0 Å². The predicted molar refractivity (Wildman–Crippen MR) is 84.8 cm³/mol. The van der Waals surface area contributed by atoms with Crippen molar-refractivity contribution in [3.05, 3.63) is 23.8 Å². The Kier molecular flexibility index (Phi) is 5.36. The Morgan fingerprint density at radius 3 is 2.73 bits per heavy atom. The number of methoxy groups -OCH3 is 2. The highest BCUT2D eigenvalue weighted by atomic mass is 32.2. The van der Waals surface area contributed by atoms with Gasteiger partial charge in [-0.15, -0.1) is 11.8 Å². The minimum atomic E-state index is -3.71. The van der Waals surface area contributed by atoms with Crippen molar-refractivity contribution < 1.29 is 22.7 Å². The Hall–Kier alpha value is -1.25. The van der Waals surface area contributed by atoms with Crippen LogP contribution in [0.25, 0.3) is 0 Å². The van der Waals surface area contributed by atoms with E-state index in [-0.39, 0.29) is 11.4 Å². The van der Waals surface area contributed by atoms with E-state index in [1.807, 2.05) is 6.92 Å². The monoisotopic (exact) mass is 345 g/mol. The summed E-state index contributed by atoms with van der Waals surface area (Å²) in [6.07, 6.45) is 0. The van der Waals surface area contributed by atoms with Crippen molar-refractivity contribution in [3.63, 3.8) is 0 Å². The molecule has 0 N–H and O–H groups in total. The first kappa shape index (κ1) is 17.1. The molecule has 122 valence electrons. The molecule has 1 atom stereocenters. The van der Waals surface area contributed by atoms with E-state index in [0.717, 1.165) is 5.56 Å². The summed E-state index contributed by atoms with van der Waals surface area (Å²) in [5, 5.41) is -0.496. The van der Waals surface area contributed by atoms with Crippen LogP contribution in [0.2, 0.25) is 0 Å². The fraction of sp³-hybridized carbons (Fsp3) is 0.500. The van der Waals surface area contributed by atoms with E-state index in [2.05, 4.69) is 0 Å². The topological polar surface area (TPSA) is 72.9 Å². The third-order valence-electron chi connectivity index (χ3n) is 3.43. The van der Waals surface area contributed by atoms with Crippen LogP contribution in [0, 0.1) is 6.92 Å². The normalized spacial score (nSPS) is 19.7. The maximum Gasteiger partial charge on any atom is 0.320 e. The van der Waals surface area contributed by atoms with Gasteiger partial charge in [-0.25, -0.2) is 8.42 Å². The van der Waals surface area contributed by atoms with Crippen LogP contribution in [0.15, 0.2) is 23.1 Å². The number of rotatable bonds is 4. The van der Waals surface area contributed by atoms with Gasteiger partial charge in [0.15, 0.2) is 0 Å². The van der Waals surface area contributed by atoms with Crippen molar-refractivity contribution in [3.8, 4) is 5.75 Å². The van der Waals surface area contributed by atoms with Gasteiger partial charge in [-0.3, -0.25) is 4.79 Å². The molecule has 1 fully saturated rings. The number of esters is 1. The highest BCUT2D eigenvalue weighted by Crippen LogP contribution is 2.30. The summed E-state index contributed by atoms with van der Waals surface area (Å²) in [6.45, 7) is 2.29. The fourth-order valence-corrected chi connectivity index (χ4v) is 5.28. The van der Waals surface area contributed by atoms with Gasteiger partial charge in [-0.05, 0) is 24.6 Å². The van der Waals surface area contributed by atoms with Gasteiger partial charge in [0.25, 0.3) is 0 Å². The molecule has 0 saturated carbocycles. The molecule has 0 aliphatic carbocycles. The number of carbonyl (C=O) groups excluding carboxylic acids is 1. The van der Waals surface area contributed by atoms with Gasteiger partial charge in [0.05, 0.1) is 14.2 Å². The lowest BCUT2D eigenvalue weighted by Crippen LogP contribution is -2.44. The van der Waals surface area contributed by atoms with Crippen LogP contribution in [-0.4, -0.2) is 57.0 Å². The number of hydrogen-bond donors (Lipinski definition) is 0. The van der Waals surface area contributed by atoms with E-state index in [1.54, 1.807) is 18.2 Å². The molecule has 1 aliphatic heterocycles. The molecule has 1 saturated heterocycles. The number of hydrogen-bond acceptors (Lipinski definition) is 6. The van der Waals surface area contributed by atoms with Gasteiger partial charge >= 0.3 is 5.97 Å². The van der Waals surface area contributed by atoms with Crippen LogP contribution < -0.4 is 4.74 Å². The number of benzene rings is 1. The molecule has 0 radical (unpaired) electrons. The summed E-state index contributed by atoms with van der Waals surface area (Å²) in [5.41, 5.74) is 0.829. The van der Waals surface area contributed by atoms with Gasteiger partial charge in [0, 0.05) is 18.8 Å². The number of nitrogens with zero attached hydrogens (tertiary/aromatic N) is 1. The summed E-state index contributed by atoms with van der Waals surface area (Å²) in [6, 6.07) is 5.02. The molecule has 0 aromatic heterocycles. The zero-order valence-electron chi connectivity index (χ0n) is 12.7. The molecule has 2 rings (SSSR count). The van der Waals surface area contributed by atoms with Crippen molar-refractivity contribution in [1.82, 2.24) is 4.31 Å². The molecule has 8 heteroatoms. The van der Waals surface area contributed by atoms with Crippen molar-refractivity contribution in [2.75, 3.05) is 33.1 Å². The Balaban J connectivity index is 2.34. The average molecular weight is 345 g/mol. The lowest BCUT2D eigenvalue weighted by atomic mass is 10.2. The second-order valence-electron chi connectivity index (χ2n) is 4.90. The molecule has 1 aromatic carbocycles. The number of aryl methyl sites for hydroxylation is 1. The smallest absolute Gasteiger partial charge is 0.320 e. The van der Waals surface area contributed by atoms with Gasteiger partial charge in [-0.1, -0.05) is 6.07 Å². The molecule has 0 unspecified atom stereocenters. The third kappa shape index (κ3) is 3.39. The van der Waals surface area contributed by atoms with E-state index >= 15 is 0 Å². The van der Waals surface area contributed by atoms with E-state index in [9.17, 15) is 13.2 Å². The van der Waals surface area contributed by atoms with Gasteiger partial charge < -0.3 is 9.47 Å². The summed E-state index contributed by atoms with van der Waals surface area (Å²) >= 11 is 1.41. The summed E-state index contributed by atoms with van der Waals surface area (Å²) in [4.78, 5) is 11.8. The molecule has 1 aliphatic rings. The molecule has 0 bridgehead atoms.